The molecule has 0 spiro atoms. The average molecular weight is 759 g/mol. The van der Waals surface area contributed by atoms with Crippen LogP contribution < -0.4 is 0 Å². The standard InChI is InChI=1S/C52H30N4OS/c1-3-12-32(13-4-1)49-39-28-29-45-48(38-17-8-10-21-44(38)58-45)47(39)36-27-26-35(30-41(36)53-49)31-22-24-34(25-23-31)51-54-50(33-14-5-2-6-15-33)55-52(56-51)40-18-11-20-43-46(40)37-16-7-9-19-42(37)57-43/h1-30H. The van der Waals surface area contributed by atoms with Gasteiger partial charge in [0.05, 0.1) is 11.2 Å². The van der Waals surface area contributed by atoms with Gasteiger partial charge in [-0.25, -0.2) is 19.9 Å². The van der Waals surface area contributed by atoms with Crippen LogP contribution >= 0.6 is 11.3 Å². The second-order valence-electron chi connectivity index (χ2n) is 14.5. The first-order valence-corrected chi connectivity index (χ1v) is 20.1. The van der Waals surface area contributed by atoms with Crippen LogP contribution in [0.4, 0.5) is 0 Å². The van der Waals surface area contributed by atoms with Crippen LogP contribution in [0, 0.1) is 0 Å². The second-order valence-corrected chi connectivity index (χ2v) is 15.6. The smallest absolute Gasteiger partial charge is 0.164 e. The van der Waals surface area contributed by atoms with Gasteiger partial charge in [0.15, 0.2) is 17.5 Å². The second kappa shape index (κ2) is 13.0. The Morgan fingerprint density at radius 2 is 0.966 bits per heavy atom. The third-order valence-electron chi connectivity index (χ3n) is 11.1. The molecule has 6 heteroatoms. The summed E-state index contributed by atoms with van der Waals surface area (Å²) in [6.07, 6.45) is 0. The molecule has 0 radical (unpaired) electrons. The molecule has 0 aliphatic rings. The van der Waals surface area contributed by atoms with Gasteiger partial charge in [-0.2, -0.15) is 0 Å². The van der Waals surface area contributed by atoms with Gasteiger partial charge in [0.25, 0.3) is 0 Å². The Labute approximate surface area is 336 Å². The Bertz CT molecular complexity index is 3560. The van der Waals surface area contributed by atoms with Crippen LogP contribution in [0.1, 0.15) is 0 Å². The van der Waals surface area contributed by atoms with Crippen molar-refractivity contribution in [2.45, 2.75) is 0 Å². The summed E-state index contributed by atoms with van der Waals surface area (Å²) < 4.78 is 8.81. The van der Waals surface area contributed by atoms with E-state index in [1.54, 1.807) is 0 Å². The number of pyridine rings is 1. The van der Waals surface area contributed by atoms with Gasteiger partial charge in [-0.05, 0) is 41.5 Å². The minimum Gasteiger partial charge on any atom is -0.456 e. The summed E-state index contributed by atoms with van der Waals surface area (Å²) in [4.78, 5) is 20.6. The van der Waals surface area contributed by atoms with E-state index in [1.807, 2.05) is 72.0 Å². The Morgan fingerprint density at radius 3 is 1.78 bits per heavy atom. The molecule has 270 valence electrons. The molecule has 0 fully saturated rings. The molecule has 58 heavy (non-hydrogen) atoms. The zero-order chi connectivity index (χ0) is 38.2. The largest absolute Gasteiger partial charge is 0.456 e. The predicted molar refractivity (Wildman–Crippen MR) is 240 cm³/mol. The Kier molecular flexibility index (Phi) is 7.33. The lowest BCUT2D eigenvalue weighted by atomic mass is 9.94. The number of rotatable bonds is 5. The zero-order valence-electron chi connectivity index (χ0n) is 30.9. The number of fused-ring (bicyclic) bond motifs is 10. The van der Waals surface area contributed by atoms with Crippen LogP contribution in [0.3, 0.4) is 0 Å². The van der Waals surface area contributed by atoms with Gasteiger partial charge in [-0.15, -0.1) is 11.3 Å². The van der Waals surface area contributed by atoms with Gasteiger partial charge < -0.3 is 4.42 Å². The normalized spacial score (nSPS) is 11.8. The van der Waals surface area contributed by atoms with Crippen molar-refractivity contribution in [2.24, 2.45) is 0 Å². The van der Waals surface area contributed by atoms with E-state index in [0.29, 0.717) is 17.5 Å². The molecule has 4 aromatic heterocycles. The summed E-state index contributed by atoms with van der Waals surface area (Å²) in [6.45, 7) is 0. The predicted octanol–water partition coefficient (Wildman–Crippen LogP) is 14.2. The quantitative estimate of drug-likeness (QED) is 0.164. The summed E-state index contributed by atoms with van der Waals surface area (Å²) in [7, 11) is 0. The molecule has 12 aromatic rings. The summed E-state index contributed by atoms with van der Waals surface area (Å²) >= 11 is 1.85. The highest BCUT2D eigenvalue weighted by Gasteiger charge is 2.19. The highest BCUT2D eigenvalue weighted by molar-refractivity contribution is 7.26. The SMILES string of the molecule is c1ccc(-c2nc(-c3ccc(-c4ccc5c(c4)nc(-c4ccccc4)c4ccc6sc7ccccc7c6c45)cc3)nc(-c3cccc4oc5ccccc5c34)n2)cc1. The minimum absolute atomic E-state index is 0.597. The van der Waals surface area contributed by atoms with Crippen LogP contribution in [0.25, 0.3) is 120 Å². The number of hydrogen-bond donors (Lipinski definition) is 0. The maximum atomic E-state index is 6.23. The molecule has 8 aromatic carbocycles. The van der Waals surface area contributed by atoms with Crippen molar-refractivity contribution in [3.63, 3.8) is 0 Å². The van der Waals surface area contributed by atoms with Gasteiger partial charge in [-0.3, -0.25) is 0 Å². The zero-order valence-corrected chi connectivity index (χ0v) is 31.7. The van der Waals surface area contributed by atoms with Crippen molar-refractivity contribution in [3.05, 3.63) is 182 Å². The molecular weight excluding hydrogens is 729 g/mol. The van der Waals surface area contributed by atoms with Gasteiger partial charge in [0.1, 0.15) is 11.2 Å². The summed E-state index contributed by atoms with van der Waals surface area (Å²) in [6, 6.07) is 63.2. The minimum atomic E-state index is 0.597. The molecule has 0 aliphatic heterocycles. The van der Waals surface area contributed by atoms with Gasteiger partial charge in [0.2, 0.25) is 0 Å². The first kappa shape index (κ1) is 32.7. The monoisotopic (exact) mass is 758 g/mol. The topological polar surface area (TPSA) is 64.7 Å². The van der Waals surface area contributed by atoms with Crippen molar-refractivity contribution in [1.82, 2.24) is 19.9 Å². The summed E-state index contributed by atoms with van der Waals surface area (Å²) in [5.41, 5.74) is 9.59. The maximum Gasteiger partial charge on any atom is 0.164 e. The van der Waals surface area contributed by atoms with Crippen LogP contribution in [0.15, 0.2) is 186 Å². The van der Waals surface area contributed by atoms with Crippen molar-refractivity contribution in [1.29, 1.82) is 0 Å². The van der Waals surface area contributed by atoms with Crippen LogP contribution in [-0.2, 0) is 0 Å². The number of nitrogens with zero attached hydrogens (tertiary/aromatic N) is 4. The molecule has 0 N–H and O–H groups in total. The number of benzene rings is 8. The van der Waals surface area contributed by atoms with Gasteiger partial charge in [-0.1, -0.05) is 152 Å². The number of thiophene rings is 1. The van der Waals surface area contributed by atoms with Crippen molar-refractivity contribution >= 4 is 75.1 Å². The van der Waals surface area contributed by atoms with Gasteiger partial charge in [0, 0.05) is 69.4 Å². The molecule has 0 amide bonds. The van der Waals surface area contributed by atoms with E-state index >= 15 is 0 Å². The van der Waals surface area contributed by atoms with Crippen LogP contribution in [0.2, 0.25) is 0 Å². The number of hydrogen-bond acceptors (Lipinski definition) is 6. The Morgan fingerprint density at radius 1 is 0.345 bits per heavy atom. The molecule has 0 saturated carbocycles. The molecule has 5 nitrogen and oxygen atoms in total. The number of furan rings is 1. The fraction of sp³-hybridized carbons (Fsp3) is 0. The van der Waals surface area contributed by atoms with E-state index in [0.717, 1.165) is 77.3 Å². The first-order chi connectivity index (χ1) is 28.7. The van der Waals surface area contributed by atoms with E-state index < -0.39 is 0 Å². The molecule has 0 aliphatic carbocycles. The fourth-order valence-corrected chi connectivity index (χ4v) is 9.53. The molecule has 4 heterocycles. The van der Waals surface area contributed by atoms with Crippen LogP contribution in [0.5, 0.6) is 0 Å². The van der Waals surface area contributed by atoms with Crippen molar-refractivity contribution in [3.8, 4) is 56.5 Å². The highest BCUT2D eigenvalue weighted by atomic mass is 32.1. The lowest BCUT2D eigenvalue weighted by Gasteiger charge is -2.13. The molecule has 12 rings (SSSR count). The molecule has 0 saturated heterocycles. The van der Waals surface area contributed by atoms with Gasteiger partial charge >= 0.3 is 0 Å². The first-order valence-electron chi connectivity index (χ1n) is 19.3. The van der Waals surface area contributed by atoms with Crippen molar-refractivity contribution < 1.29 is 4.42 Å². The van der Waals surface area contributed by atoms with Crippen molar-refractivity contribution in [2.75, 3.05) is 0 Å². The van der Waals surface area contributed by atoms with E-state index in [9.17, 15) is 0 Å². The summed E-state index contributed by atoms with van der Waals surface area (Å²) in [5, 5.41) is 8.16. The third kappa shape index (κ3) is 5.23. The van der Waals surface area contributed by atoms with E-state index in [-0.39, 0.29) is 0 Å². The molecule has 0 bridgehead atoms. The van der Waals surface area contributed by atoms with Crippen LogP contribution in [-0.4, -0.2) is 19.9 Å². The van der Waals surface area contributed by atoms with E-state index in [4.69, 9.17) is 24.4 Å². The number of aromatic nitrogens is 4. The molecule has 0 atom stereocenters. The highest BCUT2D eigenvalue weighted by Crippen LogP contribution is 2.44. The van der Waals surface area contributed by atoms with E-state index in [1.165, 1.54) is 25.6 Å². The summed E-state index contributed by atoms with van der Waals surface area (Å²) in [5.74, 6) is 1.81. The fourth-order valence-electron chi connectivity index (χ4n) is 8.42. The Hall–Kier alpha value is -7.54. The molecule has 0 unspecified atom stereocenters. The van der Waals surface area contributed by atoms with E-state index in [2.05, 4.69) is 121 Å². The average Bonchev–Trinajstić information content (AvgIpc) is 3.88. The third-order valence-corrected chi connectivity index (χ3v) is 12.3. The lowest BCUT2D eigenvalue weighted by Crippen LogP contribution is -2.00. The lowest BCUT2D eigenvalue weighted by molar-refractivity contribution is 0.669. The maximum absolute atomic E-state index is 6.23. The molecular formula is C52H30N4OS. The number of para-hydroxylation sites is 1. The Balaban J connectivity index is 1.00.